The molecule has 100 valence electrons. The number of anilines is 1. The zero-order chi connectivity index (χ0) is 13.0. The van der Waals surface area contributed by atoms with E-state index < -0.39 is 0 Å². The largest absolute Gasteiger partial charge is 0.384 e. The number of thioether (sulfide) groups is 1. The van der Waals surface area contributed by atoms with Gasteiger partial charge in [-0.3, -0.25) is 0 Å². The summed E-state index contributed by atoms with van der Waals surface area (Å²) in [4.78, 5) is 11.1. The average molecular weight is 266 g/mol. The lowest BCUT2D eigenvalue weighted by atomic mass is 10.0. The van der Waals surface area contributed by atoms with Crippen LogP contribution in [0.1, 0.15) is 31.4 Å². The Labute approximate surface area is 113 Å². The molecule has 0 bridgehead atoms. The first-order valence-electron chi connectivity index (χ1n) is 6.59. The molecule has 1 atom stereocenters. The van der Waals surface area contributed by atoms with E-state index >= 15 is 0 Å². The second kappa shape index (κ2) is 6.38. The number of nitrogens with zero attached hydrogens (tertiary/aromatic N) is 3. The molecule has 0 amide bonds. The van der Waals surface area contributed by atoms with Gasteiger partial charge in [0.25, 0.3) is 0 Å². The van der Waals surface area contributed by atoms with Gasteiger partial charge < -0.3 is 10.6 Å². The van der Waals surface area contributed by atoms with Gasteiger partial charge in [-0.05, 0) is 39.8 Å². The lowest BCUT2D eigenvalue weighted by molar-refractivity contribution is 0.182. The van der Waals surface area contributed by atoms with Crippen LogP contribution in [0.25, 0.3) is 0 Å². The van der Waals surface area contributed by atoms with Crippen LogP contribution in [0, 0.1) is 6.92 Å². The quantitative estimate of drug-likeness (QED) is 0.669. The predicted molar refractivity (Wildman–Crippen MR) is 76.8 cm³/mol. The second-order valence-corrected chi connectivity index (χ2v) is 6.05. The van der Waals surface area contributed by atoms with Crippen molar-refractivity contribution >= 4 is 17.6 Å². The third kappa shape index (κ3) is 3.85. The van der Waals surface area contributed by atoms with Gasteiger partial charge in [0.1, 0.15) is 5.82 Å². The Morgan fingerprint density at radius 1 is 1.44 bits per heavy atom. The molecule has 18 heavy (non-hydrogen) atoms. The maximum Gasteiger partial charge on any atom is 0.189 e. The summed E-state index contributed by atoms with van der Waals surface area (Å²) in [5.41, 5.74) is 6.67. The molecule has 0 radical (unpaired) electrons. The molecule has 1 unspecified atom stereocenters. The highest BCUT2D eigenvalue weighted by atomic mass is 32.2. The number of nitrogen functional groups attached to an aromatic ring is 1. The molecule has 2 N–H and O–H groups in total. The maximum absolute atomic E-state index is 5.72. The summed E-state index contributed by atoms with van der Waals surface area (Å²) < 4.78 is 0. The molecule has 2 heterocycles. The molecular formula is C13H22N4S. The summed E-state index contributed by atoms with van der Waals surface area (Å²) in [5, 5.41) is 0.811. The van der Waals surface area contributed by atoms with E-state index in [1.165, 1.54) is 32.2 Å². The fraction of sp³-hybridized carbons (Fsp3) is 0.692. The van der Waals surface area contributed by atoms with Crippen LogP contribution in [0.15, 0.2) is 11.2 Å². The monoisotopic (exact) mass is 266 g/mol. The van der Waals surface area contributed by atoms with E-state index in [4.69, 9.17) is 5.73 Å². The predicted octanol–water partition coefficient (Wildman–Crippen LogP) is 2.33. The van der Waals surface area contributed by atoms with Gasteiger partial charge >= 0.3 is 0 Å². The normalized spacial score (nSPS) is 21.1. The Bertz CT molecular complexity index is 376. The fourth-order valence-corrected chi connectivity index (χ4v) is 3.38. The van der Waals surface area contributed by atoms with Crippen LogP contribution in [0.2, 0.25) is 0 Å². The zero-order valence-corrected chi connectivity index (χ0v) is 12.0. The van der Waals surface area contributed by atoms with Crippen molar-refractivity contribution in [3.8, 4) is 0 Å². The zero-order valence-electron chi connectivity index (χ0n) is 11.2. The van der Waals surface area contributed by atoms with Gasteiger partial charge in [-0.25, -0.2) is 9.97 Å². The molecule has 0 aliphatic carbocycles. The van der Waals surface area contributed by atoms with Crippen LogP contribution in [0.5, 0.6) is 0 Å². The third-order valence-electron chi connectivity index (χ3n) is 3.46. The number of rotatable bonds is 4. The standard InChI is InChI=1S/C13H22N4S/c1-10-9-12(14)16-13(15-10)18-8-6-11-5-3-4-7-17(11)2/h9,11H,3-8H2,1-2H3,(H2,14,15,16). The van der Waals surface area contributed by atoms with Crippen LogP contribution in [-0.2, 0) is 0 Å². The SMILES string of the molecule is Cc1cc(N)nc(SCCC2CCCCN2C)n1. The summed E-state index contributed by atoms with van der Waals surface area (Å²) in [6.07, 6.45) is 5.25. The van der Waals surface area contributed by atoms with Crippen molar-refractivity contribution in [2.24, 2.45) is 0 Å². The summed E-state index contributed by atoms with van der Waals surface area (Å²) in [5.74, 6) is 1.64. The Balaban J connectivity index is 1.80. The molecule has 1 aromatic heterocycles. The Morgan fingerprint density at radius 3 is 3.00 bits per heavy atom. The molecule has 1 aliphatic heterocycles. The number of aryl methyl sites for hydroxylation is 1. The van der Waals surface area contributed by atoms with Crippen molar-refractivity contribution in [1.29, 1.82) is 0 Å². The minimum Gasteiger partial charge on any atom is -0.384 e. The first-order valence-corrected chi connectivity index (χ1v) is 7.58. The highest BCUT2D eigenvalue weighted by molar-refractivity contribution is 7.99. The van der Waals surface area contributed by atoms with Crippen molar-refractivity contribution in [3.63, 3.8) is 0 Å². The molecular weight excluding hydrogens is 244 g/mol. The van der Waals surface area contributed by atoms with Crippen molar-refractivity contribution < 1.29 is 0 Å². The van der Waals surface area contributed by atoms with Gasteiger partial charge in [-0.2, -0.15) is 0 Å². The smallest absolute Gasteiger partial charge is 0.189 e. The van der Waals surface area contributed by atoms with Crippen LogP contribution >= 0.6 is 11.8 Å². The summed E-state index contributed by atoms with van der Waals surface area (Å²) in [6, 6.07) is 2.53. The fourth-order valence-electron chi connectivity index (χ4n) is 2.42. The third-order valence-corrected chi connectivity index (χ3v) is 4.34. The molecule has 5 heteroatoms. The van der Waals surface area contributed by atoms with Crippen molar-refractivity contribution in [1.82, 2.24) is 14.9 Å². The first-order chi connectivity index (χ1) is 8.65. The van der Waals surface area contributed by atoms with Crippen molar-refractivity contribution in [2.75, 3.05) is 25.1 Å². The number of hydrogen-bond donors (Lipinski definition) is 1. The lowest BCUT2D eigenvalue weighted by Crippen LogP contribution is -2.36. The number of aromatic nitrogens is 2. The lowest BCUT2D eigenvalue weighted by Gasteiger charge is -2.32. The number of nitrogens with two attached hydrogens (primary N) is 1. The maximum atomic E-state index is 5.72. The Hall–Kier alpha value is -0.810. The van der Waals surface area contributed by atoms with Gasteiger partial charge in [-0.15, -0.1) is 0 Å². The summed E-state index contributed by atoms with van der Waals surface area (Å²) in [7, 11) is 2.23. The van der Waals surface area contributed by atoms with Crippen LogP contribution < -0.4 is 5.73 Å². The highest BCUT2D eigenvalue weighted by Gasteiger charge is 2.18. The van der Waals surface area contributed by atoms with E-state index in [-0.39, 0.29) is 0 Å². The van der Waals surface area contributed by atoms with Crippen LogP contribution in [-0.4, -0.2) is 40.3 Å². The molecule has 0 aromatic carbocycles. The average Bonchev–Trinajstić information content (AvgIpc) is 2.30. The minimum atomic E-state index is 0.569. The van der Waals surface area contributed by atoms with Crippen molar-refractivity contribution in [3.05, 3.63) is 11.8 Å². The summed E-state index contributed by atoms with van der Waals surface area (Å²) >= 11 is 1.72. The van der Waals surface area contributed by atoms with Gasteiger partial charge in [0.15, 0.2) is 5.16 Å². The van der Waals surface area contributed by atoms with E-state index in [2.05, 4.69) is 21.9 Å². The Morgan fingerprint density at radius 2 is 2.28 bits per heavy atom. The number of piperidine rings is 1. The van der Waals surface area contributed by atoms with Gasteiger partial charge in [0.05, 0.1) is 0 Å². The molecule has 0 saturated carbocycles. The van der Waals surface area contributed by atoms with E-state index in [9.17, 15) is 0 Å². The molecule has 1 aliphatic rings. The highest BCUT2D eigenvalue weighted by Crippen LogP contribution is 2.22. The van der Waals surface area contributed by atoms with Gasteiger partial charge in [-0.1, -0.05) is 18.2 Å². The van der Waals surface area contributed by atoms with E-state index in [1.54, 1.807) is 17.8 Å². The van der Waals surface area contributed by atoms with Crippen LogP contribution in [0.4, 0.5) is 5.82 Å². The first kappa shape index (κ1) is 13.6. The topological polar surface area (TPSA) is 55.0 Å². The summed E-state index contributed by atoms with van der Waals surface area (Å²) in [6.45, 7) is 3.19. The second-order valence-electron chi connectivity index (χ2n) is 4.98. The van der Waals surface area contributed by atoms with Gasteiger partial charge in [0, 0.05) is 23.6 Å². The van der Waals surface area contributed by atoms with E-state index in [0.717, 1.165) is 22.6 Å². The Kier molecular flexibility index (Phi) is 4.83. The van der Waals surface area contributed by atoms with E-state index in [0.29, 0.717) is 5.82 Å². The van der Waals surface area contributed by atoms with Crippen LogP contribution in [0.3, 0.4) is 0 Å². The number of likely N-dealkylation sites (tertiary alicyclic amines) is 1. The van der Waals surface area contributed by atoms with Crippen molar-refractivity contribution in [2.45, 2.75) is 43.8 Å². The molecule has 0 spiro atoms. The molecule has 1 fully saturated rings. The van der Waals surface area contributed by atoms with Gasteiger partial charge in [0.2, 0.25) is 0 Å². The van der Waals surface area contributed by atoms with E-state index in [1.807, 2.05) is 6.92 Å². The molecule has 1 aromatic rings. The molecule has 1 saturated heterocycles. The molecule has 4 nitrogen and oxygen atoms in total. The molecule has 2 rings (SSSR count). The number of hydrogen-bond acceptors (Lipinski definition) is 5. The minimum absolute atomic E-state index is 0.569.